The van der Waals surface area contributed by atoms with Gasteiger partial charge < -0.3 is 0 Å². The SMILES string of the molecule is Cc1ccnc(N[N+](=O)O)c1. The first-order chi connectivity index (χ1) is 5.18. The Morgan fingerprint density at radius 2 is 2.45 bits per heavy atom. The molecule has 0 bridgehead atoms. The first-order valence-electron chi connectivity index (χ1n) is 3.04. The van der Waals surface area contributed by atoms with Gasteiger partial charge >= 0.3 is 5.03 Å². The van der Waals surface area contributed by atoms with Gasteiger partial charge in [-0.25, -0.2) is 10.2 Å². The molecule has 0 saturated carbocycles. The maximum atomic E-state index is 10.0. The predicted molar refractivity (Wildman–Crippen MR) is 38.0 cm³/mol. The van der Waals surface area contributed by atoms with Crippen LogP contribution >= 0.6 is 0 Å². The van der Waals surface area contributed by atoms with Crippen LogP contribution < -0.4 is 5.43 Å². The number of nitrogens with zero attached hydrogens (tertiary/aromatic N) is 2. The monoisotopic (exact) mass is 154 g/mol. The molecule has 0 aromatic carbocycles. The third-order valence-electron chi connectivity index (χ3n) is 1.13. The van der Waals surface area contributed by atoms with E-state index in [1.54, 1.807) is 18.3 Å². The molecule has 0 spiro atoms. The van der Waals surface area contributed by atoms with Crippen molar-refractivity contribution in [2.45, 2.75) is 6.92 Å². The predicted octanol–water partition coefficient (Wildman–Crippen LogP) is 0.885. The Morgan fingerprint density at radius 3 is 3.00 bits per heavy atom. The van der Waals surface area contributed by atoms with Crippen LogP contribution in [0.15, 0.2) is 18.3 Å². The van der Waals surface area contributed by atoms with E-state index in [2.05, 4.69) is 10.4 Å². The van der Waals surface area contributed by atoms with Gasteiger partial charge in [-0.2, -0.15) is 0 Å². The maximum Gasteiger partial charge on any atom is 0.361 e. The Balaban J connectivity index is 2.79. The van der Waals surface area contributed by atoms with Crippen molar-refractivity contribution in [3.8, 4) is 0 Å². The summed E-state index contributed by atoms with van der Waals surface area (Å²) in [6, 6.07) is 3.43. The van der Waals surface area contributed by atoms with Crippen LogP contribution in [-0.2, 0) is 0 Å². The number of hydrogen-bond acceptors (Lipinski definition) is 2. The summed E-state index contributed by atoms with van der Waals surface area (Å²) < 4.78 is 0. The zero-order valence-corrected chi connectivity index (χ0v) is 5.98. The summed E-state index contributed by atoms with van der Waals surface area (Å²) in [6.45, 7) is 1.86. The molecule has 0 saturated heterocycles. The van der Waals surface area contributed by atoms with E-state index in [1.807, 2.05) is 6.92 Å². The third-order valence-corrected chi connectivity index (χ3v) is 1.13. The molecule has 0 fully saturated rings. The first-order valence-corrected chi connectivity index (χ1v) is 3.04. The molecule has 58 valence electrons. The second-order valence-corrected chi connectivity index (χ2v) is 2.10. The number of aromatic nitrogens is 1. The van der Waals surface area contributed by atoms with E-state index in [1.165, 1.54) is 0 Å². The smallest absolute Gasteiger partial charge is 0.234 e. The zero-order chi connectivity index (χ0) is 8.27. The van der Waals surface area contributed by atoms with E-state index in [0.717, 1.165) is 5.56 Å². The number of nitrogens with one attached hydrogen (secondary N) is 1. The van der Waals surface area contributed by atoms with E-state index < -0.39 is 0 Å². The molecular weight excluding hydrogens is 146 g/mol. The van der Waals surface area contributed by atoms with Gasteiger partial charge in [0, 0.05) is 6.20 Å². The van der Waals surface area contributed by atoms with Crippen molar-refractivity contribution in [1.29, 1.82) is 0 Å². The van der Waals surface area contributed by atoms with Gasteiger partial charge in [0.1, 0.15) is 4.91 Å². The molecule has 1 heterocycles. The minimum atomic E-state index is -0.387. The summed E-state index contributed by atoms with van der Waals surface area (Å²) in [5.74, 6) is 0.322. The van der Waals surface area contributed by atoms with Crippen molar-refractivity contribution >= 4 is 5.82 Å². The summed E-state index contributed by atoms with van der Waals surface area (Å²) in [5.41, 5.74) is 3.03. The van der Waals surface area contributed by atoms with E-state index in [-0.39, 0.29) is 5.03 Å². The van der Waals surface area contributed by atoms with Gasteiger partial charge in [0.15, 0.2) is 5.82 Å². The second kappa shape index (κ2) is 2.96. The fraction of sp³-hybridized carbons (Fsp3) is 0.167. The molecule has 0 unspecified atom stereocenters. The lowest BCUT2D eigenvalue weighted by molar-refractivity contribution is -0.770. The molecule has 0 aliphatic rings. The molecule has 0 radical (unpaired) electrons. The third kappa shape index (κ3) is 2.21. The van der Waals surface area contributed by atoms with Crippen LogP contribution in [0.4, 0.5) is 5.82 Å². The number of rotatable bonds is 2. The standard InChI is InChI=1S/C6H8N3O2/c1-5-2-3-7-6(4-5)8-9(10)11/h2-4H,1H3,(H,7,8)(H,10,11)/q+1. The van der Waals surface area contributed by atoms with E-state index in [4.69, 9.17) is 5.21 Å². The highest BCUT2D eigenvalue weighted by Crippen LogP contribution is 2.03. The van der Waals surface area contributed by atoms with E-state index in [0.29, 0.717) is 5.82 Å². The molecule has 0 aliphatic carbocycles. The van der Waals surface area contributed by atoms with Gasteiger partial charge in [-0.15, -0.1) is 0 Å². The van der Waals surface area contributed by atoms with Crippen LogP contribution in [0.1, 0.15) is 5.56 Å². The highest BCUT2D eigenvalue weighted by molar-refractivity contribution is 5.33. The summed E-state index contributed by atoms with van der Waals surface area (Å²) in [4.78, 5) is 13.8. The number of hydrazine groups is 1. The molecule has 11 heavy (non-hydrogen) atoms. The van der Waals surface area contributed by atoms with Crippen LogP contribution in [0.25, 0.3) is 0 Å². The highest BCUT2D eigenvalue weighted by atomic mass is 16.7. The molecule has 5 nitrogen and oxygen atoms in total. The Labute approximate surface area is 63.2 Å². The molecule has 2 N–H and O–H groups in total. The van der Waals surface area contributed by atoms with Crippen LogP contribution in [0, 0.1) is 11.8 Å². The van der Waals surface area contributed by atoms with Gasteiger partial charge in [0.25, 0.3) is 0 Å². The lowest BCUT2D eigenvalue weighted by atomic mass is 10.3. The summed E-state index contributed by atoms with van der Waals surface area (Å²) >= 11 is 0. The number of anilines is 1. The number of aryl methyl sites for hydroxylation is 1. The fourth-order valence-corrected chi connectivity index (χ4v) is 0.695. The van der Waals surface area contributed by atoms with Crippen molar-refractivity contribution in [1.82, 2.24) is 4.98 Å². The Morgan fingerprint density at radius 1 is 1.73 bits per heavy atom. The van der Waals surface area contributed by atoms with Crippen molar-refractivity contribution in [2.75, 3.05) is 5.43 Å². The zero-order valence-electron chi connectivity index (χ0n) is 5.98. The average Bonchev–Trinajstić information content (AvgIpc) is 1.85. The quantitative estimate of drug-likeness (QED) is 0.621. The van der Waals surface area contributed by atoms with Crippen molar-refractivity contribution in [3.05, 3.63) is 28.8 Å². The Kier molecular flexibility index (Phi) is 2.00. The number of pyridine rings is 1. The lowest BCUT2D eigenvalue weighted by Crippen LogP contribution is -2.11. The van der Waals surface area contributed by atoms with Crippen LogP contribution in [0.2, 0.25) is 0 Å². The van der Waals surface area contributed by atoms with Crippen LogP contribution in [-0.4, -0.2) is 15.2 Å². The van der Waals surface area contributed by atoms with Crippen molar-refractivity contribution < 1.29 is 10.2 Å². The molecule has 0 aliphatic heterocycles. The molecular formula is C6H8N3O2+. The minimum absolute atomic E-state index is 0.322. The van der Waals surface area contributed by atoms with Crippen molar-refractivity contribution in [3.63, 3.8) is 0 Å². The van der Waals surface area contributed by atoms with Gasteiger partial charge in [0.05, 0.1) is 0 Å². The largest absolute Gasteiger partial charge is 0.361 e. The van der Waals surface area contributed by atoms with E-state index >= 15 is 0 Å². The Hall–Kier alpha value is -1.65. The van der Waals surface area contributed by atoms with Crippen LogP contribution in [0.3, 0.4) is 0 Å². The lowest BCUT2D eigenvalue weighted by Gasteiger charge is -1.92. The topological polar surface area (TPSA) is 65.2 Å². The molecule has 1 aromatic rings. The minimum Gasteiger partial charge on any atom is -0.234 e. The summed E-state index contributed by atoms with van der Waals surface area (Å²) in [7, 11) is 0. The van der Waals surface area contributed by atoms with Gasteiger partial charge in [-0.05, 0) is 24.6 Å². The summed E-state index contributed by atoms with van der Waals surface area (Å²) in [5, 5.41) is 7.84. The van der Waals surface area contributed by atoms with E-state index in [9.17, 15) is 4.91 Å². The maximum absolute atomic E-state index is 10.0. The van der Waals surface area contributed by atoms with Gasteiger partial charge in [0.2, 0.25) is 0 Å². The normalized spacial score (nSPS) is 9.18. The molecule has 5 heteroatoms. The fourth-order valence-electron chi connectivity index (χ4n) is 0.695. The highest BCUT2D eigenvalue weighted by Gasteiger charge is 2.03. The molecule has 0 amide bonds. The van der Waals surface area contributed by atoms with Crippen LogP contribution in [0.5, 0.6) is 0 Å². The second-order valence-electron chi connectivity index (χ2n) is 2.10. The van der Waals surface area contributed by atoms with Gasteiger partial charge in [-0.3, -0.25) is 0 Å². The van der Waals surface area contributed by atoms with Gasteiger partial charge in [-0.1, -0.05) is 5.43 Å². The average molecular weight is 154 g/mol. The van der Waals surface area contributed by atoms with Crippen molar-refractivity contribution in [2.24, 2.45) is 0 Å². The summed E-state index contributed by atoms with van der Waals surface area (Å²) in [6.07, 6.45) is 1.54. The first kappa shape index (κ1) is 7.46. The molecule has 1 aromatic heterocycles. The Bertz CT molecular complexity index is 274. The molecule has 0 atom stereocenters. The molecule has 1 rings (SSSR count). The number of hydrogen-bond donors (Lipinski definition) is 2.